The molecule has 3 heterocycles. The fraction of sp³-hybridized carbons (Fsp3) is 0.478. The van der Waals surface area contributed by atoms with Crippen molar-refractivity contribution in [2.45, 2.75) is 31.7 Å². The lowest BCUT2D eigenvalue weighted by Crippen LogP contribution is -2.37. The maximum Gasteiger partial charge on any atom is 0.228 e. The number of nitrogens with zero attached hydrogens (tertiary/aromatic N) is 2. The molecular formula is C23H28N2O4S. The number of hydrogen-bond donors (Lipinski definition) is 0. The van der Waals surface area contributed by atoms with E-state index in [1.54, 1.807) is 25.6 Å². The molecule has 4 rings (SSSR count). The summed E-state index contributed by atoms with van der Waals surface area (Å²) in [6, 6.07) is 10.1. The van der Waals surface area contributed by atoms with E-state index in [4.69, 9.17) is 9.47 Å². The minimum atomic E-state index is -0.233. The average Bonchev–Trinajstić information content (AvgIpc) is 3.51. The number of benzene rings is 1. The lowest BCUT2D eigenvalue weighted by Gasteiger charge is -2.26. The highest BCUT2D eigenvalue weighted by molar-refractivity contribution is 7.10. The summed E-state index contributed by atoms with van der Waals surface area (Å²) < 4.78 is 10.6. The third-order valence-electron chi connectivity index (χ3n) is 6.09. The molecule has 2 saturated heterocycles. The molecule has 2 atom stereocenters. The molecule has 0 saturated carbocycles. The number of thiophene rings is 1. The van der Waals surface area contributed by atoms with Gasteiger partial charge in [-0.15, -0.1) is 11.3 Å². The van der Waals surface area contributed by atoms with Gasteiger partial charge >= 0.3 is 0 Å². The van der Waals surface area contributed by atoms with Gasteiger partial charge in [0, 0.05) is 30.9 Å². The second-order valence-electron chi connectivity index (χ2n) is 7.89. The highest BCUT2D eigenvalue weighted by atomic mass is 32.1. The molecule has 7 heteroatoms. The topological polar surface area (TPSA) is 59.1 Å². The van der Waals surface area contributed by atoms with Crippen LogP contribution in [0, 0.1) is 5.92 Å². The second-order valence-corrected chi connectivity index (χ2v) is 8.86. The molecule has 2 fully saturated rings. The van der Waals surface area contributed by atoms with E-state index in [2.05, 4.69) is 11.4 Å². The monoisotopic (exact) mass is 428 g/mol. The summed E-state index contributed by atoms with van der Waals surface area (Å²) in [5.74, 6) is 1.34. The zero-order valence-electron chi connectivity index (χ0n) is 17.5. The lowest BCUT2D eigenvalue weighted by molar-refractivity contribution is -0.136. The summed E-state index contributed by atoms with van der Waals surface area (Å²) in [7, 11) is 3.23. The van der Waals surface area contributed by atoms with Crippen LogP contribution in [0.2, 0.25) is 0 Å². The smallest absolute Gasteiger partial charge is 0.228 e. The molecule has 2 amide bonds. The fourth-order valence-electron chi connectivity index (χ4n) is 4.50. The molecule has 1 aromatic heterocycles. The van der Waals surface area contributed by atoms with Gasteiger partial charge in [-0.05, 0) is 48.4 Å². The van der Waals surface area contributed by atoms with E-state index in [9.17, 15) is 9.59 Å². The third-order valence-corrected chi connectivity index (χ3v) is 7.06. The minimum Gasteiger partial charge on any atom is -0.493 e. The van der Waals surface area contributed by atoms with Gasteiger partial charge in [-0.1, -0.05) is 12.1 Å². The maximum atomic E-state index is 13.2. The summed E-state index contributed by atoms with van der Waals surface area (Å²) in [5.41, 5.74) is 1.08. The Hall–Kier alpha value is -2.54. The highest BCUT2D eigenvalue weighted by Gasteiger charge is 2.40. The molecule has 2 aliphatic rings. The largest absolute Gasteiger partial charge is 0.493 e. The Kier molecular flexibility index (Phi) is 6.27. The van der Waals surface area contributed by atoms with Crippen molar-refractivity contribution in [2.75, 3.05) is 33.9 Å². The molecule has 160 valence electrons. The fourth-order valence-corrected chi connectivity index (χ4v) is 5.37. The number of carbonyl (C=O) groups excluding carboxylic acids is 2. The zero-order valence-corrected chi connectivity index (χ0v) is 18.3. The van der Waals surface area contributed by atoms with Gasteiger partial charge in [-0.3, -0.25) is 9.59 Å². The van der Waals surface area contributed by atoms with E-state index < -0.39 is 0 Å². The van der Waals surface area contributed by atoms with Crippen LogP contribution in [0.1, 0.15) is 35.7 Å². The van der Waals surface area contributed by atoms with Crippen LogP contribution in [0.4, 0.5) is 0 Å². The van der Waals surface area contributed by atoms with Crippen LogP contribution in [0.15, 0.2) is 35.7 Å². The first-order valence-corrected chi connectivity index (χ1v) is 11.3. The molecule has 0 radical (unpaired) electrons. The van der Waals surface area contributed by atoms with Gasteiger partial charge in [0.05, 0.1) is 26.2 Å². The molecule has 2 aliphatic heterocycles. The molecule has 1 aromatic carbocycles. The molecule has 0 N–H and O–H groups in total. The van der Waals surface area contributed by atoms with Gasteiger partial charge in [-0.2, -0.15) is 0 Å². The Bertz CT molecular complexity index is 899. The number of rotatable bonds is 7. The van der Waals surface area contributed by atoms with Gasteiger partial charge in [0.15, 0.2) is 11.5 Å². The van der Waals surface area contributed by atoms with Crippen molar-refractivity contribution >= 4 is 23.2 Å². The van der Waals surface area contributed by atoms with Crippen LogP contribution >= 0.6 is 11.3 Å². The molecule has 0 bridgehead atoms. The van der Waals surface area contributed by atoms with Crippen LogP contribution in [0.25, 0.3) is 0 Å². The lowest BCUT2D eigenvalue weighted by atomic mass is 10.1. The molecule has 2 aromatic rings. The number of ether oxygens (including phenoxy) is 2. The number of hydrogen-bond acceptors (Lipinski definition) is 5. The molecule has 6 nitrogen and oxygen atoms in total. The van der Waals surface area contributed by atoms with Crippen LogP contribution in [-0.4, -0.2) is 55.5 Å². The number of carbonyl (C=O) groups is 2. The van der Waals surface area contributed by atoms with Crippen molar-refractivity contribution in [2.24, 2.45) is 5.92 Å². The predicted molar refractivity (Wildman–Crippen MR) is 116 cm³/mol. The normalized spacial score (nSPS) is 21.3. The van der Waals surface area contributed by atoms with E-state index in [-0.39, 0.29) is 23.8 Å². The van der Waals surface area contributed by atoms with Crippen LogP contribution < -0.4 is 9.47 Å². The van der Waals surface area contributed by atoms with Crippen LogP contribution in [-0.2, 0) is 16.0 Å². The highest BCUT2D eigenvalue weighted by Crippen LogP contribution is 2.36. The minimum absolute atomic E-state index is 0.0701. The maximum absolute atomic E-state index is 13.2. The van der Waals surface area contributed by atoms with Gasteiger partial charge in [0.1, 0.15) is 0 Å². The summed E-state index contributed by atoms with van der Waals surface area (Å²) in [5, 5.41) is 2.06. The van der Waals surface area contributed by atoms with Gasteiger partial charge < -0.3 is 19.3 Å². The van der Waals surface area contributed by atoms with Crippen molar-refractivity contribution in [3.63, 3.8) is 0 Å². The number of likely N-dealkylation sites (tertiary alicyclic amines) is 2. The Labute approximate surface area is 181 Å². The number of amides is 2. The van der Waals surface area contributed by atoms with E-state index in [0.29, 0.717) is 37.4 Å². The van der Waals surface area contributed by atoms with E-state index in [1.807, 2.05) is 34.1 Å². The molecule has 0 unspecified atom stereocenters. The molecular weight excluding hydrogens is 400 g/mol. The quantitative estimate of drug-likeness (QED) is 0.677. The Morgan fingerprint density at radius 3 is 2.77 bits per heavy atom. The van der Waals surface area contributed by atoms with Crippen molar-refractivity contribution in [3.8, 4) is 11.5 Å². The van der Waals surface area contributed by atoms with E-state index in [1.165, 1.54) is 4.88 Å². The van der Waals surface area contributed by atoms with Crippen LogP contribution in [0.5, 0.6) is 11.5 Å². The summed E-state index contributed by atoms with van der Waals surface area (Å²) in [4.78, 5) is 30.8. The first kappa shape index (κ1) is 20.7. The van der Waals surface area contributed by atoms with Crippen molar-refractivity contribution in [3.05, 3.63) is 46.2 Å². The zero-order chi connectivity index (χ0) is 21.1. The summed E-state index contributed by atoms with van der Waals surface area (Å²) in [6.45, 7) is 1.91. The van der Waals surface area contributed by atoms with Gasteiger partial charge in [0.25, 0.3) is 0 Å². The Morgan fingerprint density at radius 1 is 1.20 bits per heavy atom. The van der Waals surface area contributed by atoms with Crippen LogP contribution in [0.3, 0.4) is 0 Å². The van der Waals surface area contributed by atoms with E-state index in [0.717, 1.165) is 24.9 Å². The third kappa shape index (κ3) is 4.17. The summed E-state index contributed by atoms with van der Waals surface area (Å²) >= 11 is 1.71. The standard InChI is InChI=1S/C23H28N2O4S/c1-28-19-8-7-16(13-20(19)29-2)9-11-24-15-17(14-22(24)26)23(27)25-10-3-5-18(25)21-6-4-12-30-21/h4,6-8,12-13,17-18H,3,5,9-11,14-15H2,1-2H3/t17-,18-/m1/s1. The second kappa shape index (κ2) is 9.08. The SMILES string of the molecule is COc1ccc(CCN2C[C@H](C(=O)N3CCC[C@@H]3c3cccs3)CC2=O)cc1OC. The molecule has 0 aliphatic carbocycles. The predicted octanol–water partition coefficient (Wildman–Crippen LogP) is 3.52. The van der Waals surface area contributed by atoms with Crippen molar-refractivity contribution in [1.82, 2.24) is 9.80 Å². The Morgan fingerprint density at radius 2 is 2.03 bits per heavy atom. The first-order chi connectivity index (χ1) is 14.6. The average molecular weight is 429 g/mol. The van der Waals surface area contributed by atoms with Crippen molar-refractivity contribution < 1.29 is 19.1 Å². The Balaban J connectivity index is 1.36. The van der Waals surface area contributed by atoms with E-state index >= 15 is 0 Å². The van der Waals surface area contributed by atoms with Gasteiger partial charge in [-0.25, -0.2) is 0 Å². The first-order valence-electron chi connectivity index (χ1n) is 10.4. The van der Waals surface area contributed by atoms with Gasteiger partial charge in [0.2, 0.25) is 11.8 Å². The summed E-state index contributed by atoms with van der Waals surface area (Å²) in [6.07, 6.45) is 3.07. The number of methoxy groups -OCH3 is 2. The molecule has 30 heavy (non-hydrogen) atoms. The molecule has 0 spiro atoms. The van der Waals surface area contributed by atoms with Crippen molar-refractivity contribution in [1.29, 1.82) is 0 Å².